The van der Waals surface area contributed by atoms with Crippen molar-refractivity contribution < 1.29 is 14.3 Å². The third-order valence-corrected chi connectivity index (χ3v) is 7.46. The van der Waals surface area contributed by atoms with E-state index in [0.717, 1.165) is 32.6 Å². The van der Waals surface area contributed by atoms with Crippen LogP contribution in [0.1, 0.15) is 34.3 Å². The van der Waals surface area contributed by atoms with E-state index in [1.54, 1.807) is 24.1 Å². The van der Waals surface area contributed by atoms with Crippen molar-refractivity contribution in [1.82, 2.24) is 9.88 Å². The molecule has 3 aromatic carbocycles. The Morgan fingerprint density at radius 3 is 2.54 bits per heavy atom. The molecule has 0 bridgehead atoms. The maximum Gasteiger partial charge on any atom is 0.253 e. The van der Waals surface area contributed by atoms with Gasteiger partial charge in [-0.3, -0.25) is 9.78 Å². The summed E-state index contributed by atoms with van der Waals surface area (Å²) in [7, 11) is 0. The van der Waals surface area contributed by atoms with Crippen molar-refractivity contribution in [1.29, 1.82) is 0 Å². The first-order chi connectivity index (χ1) is 16.9. The number of carbonyl (C=O) groups is 1. The highest BCUT2D eigenvalue weighted by Gasteiger charge is 2.36. The van der Waals surface area contributed by atoms with Crippen molar-refractivity contribution >= 4 is 34.4 Å². The maximum absolute atomic E-state index is 13.5. The Bertz CT molecular complexity index is 1360. The predicted molar refractivity (Wildman–Crippen MR) is 138 cm³/mol. The van der Waals surface area contributed by atoms with E-state index in [2.05, 4.69) is 9.71 Å². The molecule has 0 saturated carbocycles. The molecule has 1 aliphatic heterocycles. The van der Waals surface area contributed by atoms with Gasteiger partial charge in [0.1, 0.15) is 5.82 Å². The topological polar surface area (TPSA) is 65.5 Å². The van der Waals surface area contributed by atoms with Gasteiger partial charge in [0.2, 0.25) is 0 Å². The number of hydrogen-bond donors (Lipinski definition) is 2. The molecular weight excluding hydrogens is 461 g/mol. The van der Waals surface area contributed by atoms with E-state index in [1.807, 2.05) is 54.6 Å². The normalized spacial score (nSPS) is 15.2. The molecule has 5 rings (SSSR count). The molecule has 0 aliphatic carbocycles. The van der Waals surface area contributed by atoms with Gasteiger partial charge in [0.05, 0.1) is 16.0 Å². The zero-order valence-corrected chi connectivity index (χ0v) is 20.2. The van der Waals surface area contributed by atoms with Gasteiger partial charge in [0.25, 0.3) is 5.91 Å². The molecule has 0 spiro atoms. The highest BCUT2D eigenvalue weighted by Crippen LogP contribution is 2.35. The highest BCUT2D eigenvalue weighted by molar-refractivity contribution is 8.00. The Labute approximate surface area is 208 Å². The molecule has 0 radical (unpaired) electrons. The first-order valence-corrected chi connectivity index (χ1v) is 12.4. The first kappa shape index (κ1) is 23.3. The Balaban J connectivity index is 1.21. The number of benzene rings is 3. The van der Waals surface area contributed by atoms with Crippen molar-refractivity contribution in [3.8, 4) is 0 Å². The molecule has 35 heavy (non-hydrogen) atoms. The molecule has 1 aliphatic rings. The highest BCUT2D eigenvalue weighted by atomic mass is 32.2. The number of piperidine rings is 1. The van der Waals surface area contributed by atoms with Crippen LogP contribution >= 0.6 is 11.9 Å². The summed E-state index contributed by atoms with van der Waals surface area (Å²) in [6, 6.07) is 21.9. The van der Waals surface area contributed by atoms with Crippen molar-refractivity contribution in [3.63, 3.8) is 0 Å². The lowest BCUT2D eigenvalue weighted by Gasteiger charge is -2.39. The molecule has 7 heteroatoms. The van der Waals surface area contributed by atoms with Crippen LogP contribution in [0.25, 0.3) is 10.9 Å². The van der Waals surface area contributed by atoms with Gasteiger partial charge in [-0.15, -0.1) is 0 Å². The van der Waals surface area contributed by atoms with Crippen LogP contribution in [0.3, 0.4) is 0 Å². The van der Waals surface area contributed by atoms with Crippen molar-refractivity contribution in [2.75, 3.05) is 17.8 Å². The summed E-state index contributed by atoms with van der Waals surface area (Å²) in [6.45, 7) is 2.69. The first-order valence-electron chi connectivity index (χ1n) is 11.6. The second-order valence-corrected chi connectivity index (χ2v) is 9.74. The summed E-state index contributed by atoms with van der Waals surface area (Å²) < 4.78 is 16.8. The fraction of sp³-hybridized carbons (Fsp3) is 0.214. The van der Waals surface area contributed by atoms with Gasteiger partial charge in [-0.25, -0.2) is 4.39 Å². The molecule has 4 aromatic rings. The van der Waals surface area contributed by atoms with Crippen LogP contribution in [-0.2, 0) is 5.60 Å². The molecule has 1 aromatic heterocycles. The number of hydrogen-bond acceptors (Lipinski definition) is 5. The van der Waals surface area contributed by atoms with Crippen LogP contribution < -0.4 is 4.72 Å². The van der Waals surface area contributed by atoms with Crippen LogP contribution in [0.4, 0.5) is 10.1 Å². The number of amides is 1. The largest absolute Gasteiger partial charge is 0.385 e. The zero-order chi connectivity index (χ0) is 24.4. The number of aryl methyl sites for hydroxylation is 1. The SMILES string of the molecule is Cc1cc(F)ccc1C1(O)CCN(C(=O)c2ccc(NSc3cccc4cccnc34)cc2)CC1. The Morgan fingerprint density at radius 1 is 1.06 bits per heavy atom. The molecule has 5 nitrogen and oxygen atoms in total. The van der Waals surface area contributed by atoms with E-state index in [1.165, 1.54) is 24.1 Å². The van der Waals surface area contributed by atoms with Crippen LogP contribution in [0.15, 0.2) is 83.9 Å². The number of pyridine rings is 1. The molecule has 1 fully saturated rings. The smallest absolute Gasteiger partial charge is 0.253 e. The second kappa shape index (κ2) is 9.68. The Hall–Kier alpha value is -3.42. The third kappa shape index (κ3) is 4.88. The quantitative estimate of drug-likeness (QED) is 0.342. The molecule has 1 saturated heterocycles. The van der Waals surface area contributed by atoms with Crippen molar-refractivity contribution in [2.45, 2.75) is 30.3 Å². The number of halogens is 1. The summed E-state index contributed by atoms with van der Waals surface area (Å²) in [5, 5.41) is 12.3. The van der Waals surface area contributed by atoms with Crippen LogP contribution in [0.2, 0.25) is 0 Å². The van der Waals surface area contributed by atoms with Crippen LogP contribution in [0.5, 0.6) is 0 Å². The Morgan fingerprint density at radius 2 is 1.80 bits per heavy atom. The van der Waals surface area contributed by atoms with Gasteiger partial charge >= 0.3 is 0 Å². The van der Waals surface area contributed by atoms with Gasteiger partial charge < -0.3 is 14.7 Å². The number of carbonyl (C=O) groups excluding carboxylic acids is 1. The minimum absolute atomic E-state index is 0.0552. The minimum Gasteiger partial charge on any atom is -0.385 e. The molecule has 0 atom stereocenters. The van der Waals surface area contributed by atoms with Gasteiger partial charge in [0.15, 0.2) is 0 Å². The lowest BCUT2D eigenvalue weighted by molar-refractivity contribution is -0.0216. The Kier molecular flexibility index (Phi) is 6.45. The number of likely N-dealkylation sites (tertiary alicyclic amines) is 1. The molecule has 178 valence electrons. The molecule has 2 heterocycles. The molecule has 1 amide bonds. The number of aliphatic hydroxyl groups is 1. The monoisotopic (exact) mass is 487 g/mol. The minimum atomic E-state index is -1.05. The number of rotatable bonds is 5. The fourth-order valence-electron chi connectivity index (χ4n) is 4.63. The number of anilines is 1. The van der Waals surface area contributed by atoms with Crippen LogP contribution in [-0.4, -0.2) is 34.0 Å². The predicted octanol–water partition coefficient (Wildman–Crippen LogP) is 5.93. The van der Waals surface area contributed by atoms with E-state index in [9.17, 15) is 14.3 Å². The second-order valence-electron chi connectivity index (χ2n) is 8.90. The molecular formula is C28H26FN3O2S. The van der Waals surface area contributed by atoms with E-state index in [-0.39, 0.29) is 11.7 Å². The molecule has 2 N–H and O–H groups in total. The van der Waals surface area contributed by atoms with Crippen molar-refractivity contribution in [2.24, 2.45) is 0 Å². The number of nitrogens with one attached hydrogen (secondary N) is 1. The maximum atomic E-state index is 13.5. The average Bonchev–Trinajstić information content (AvgIpc) is 2.87. The van der Waals surface area contributed by atoms with E-state index < -0.39 is 5.60 Å². The van der Waals surface area contributed by atoms with Crippen molar-refractivity contribution in [3.05, 3.63) is 102 Å². The fourth-order valence-corrected chi connectivity index (χ4v) is 5.41. The van der Waals surface area contributed by atoms with Gasteiger partial charge in [-0.1, -0.05) is 24.3 Å². The summed E-state index contributed by atoms with van der Waals surface area (Å²) in [5.74, 6) is -0.368. The summed E-state index contributed by atoms with van der Waals surface area (Å²) >= 11 is 1.49. The van der Waals surface area contributed by atoms with E-state index >= 15 is 0 Å². The number of fused-ring (bicyclic) bond motifs is 1. The summed E-state index contributed by atoms with van der Waals surface area (Å²) in [6.07, 6.45) is 2.62. The lowest BCUT2D eigenvalue weighted by atomic mass is 9.82. The zero-order valence-electron chi connectivity index (χ0n) is 19.4. The van der Waals surface area contributed by atoms with E-state index in [0.29, 0.717) is 31.5 Å². The number of para-hydroxylation sites is 1. The van der Waals surface area contributed by atoms with Gasteiger partial charge in [0, 0.05) is 35.9 Å². The third-order valence-electron chi connectivity index (χ3n) is 6.57. The van der Waals surface area contributed by atoms with Gasteiger partial charge in [-0.2, -0.15) is 0 Å². The number of aromatic nitrogens is 1. The number of nitrogens with zero attached hydrogens (tertiary/aromatic N) is 2. The lowest BCUT2D eigenvalue weighted by Crippen LogP contribution is -2.45. The van der Waals surface area contributed by atoms with Crippen LogP contribution in [0, 0.1) is 12.7 Å². The average molecular weight is 488 g/mol. The molecule has 0 unspecified atom stereocenters. The standard InChI is InChI=1S/C28H26FN3O2S/c1-19-18-22(29)9-12-24(19)28(34)13-16-32(17-14-28)27(33)21-7-10-23(11-8-21)31-35-25-6-2-4-20-5-3-15-30-26(20)25/h2-12,15,18,31,34H,13-14,16-17H2,1H3. The summed E-state index contributed by atoms with van der Waals surface area (Å²) in [4.78, 5) is 20.3. The van der Waals surface area contributed by atoms with Gasteiger partial charge in [-0.05, 0) is 91.4 Å². The summed E-state index contributed by atoms with van der Waals surface area (Å²) in [5.41, 5.74) is 2.86. The van der Waals surface area contributed by atoms with E-state index in [4.69, 9.17) is 0 Å².